The molecule has 2 N–H and O–H groups in total. The van der Waals surface area contributed by atoms with Gasteiger partial charge >= 0.3 is 0 Å². The van der Waals surface area contributed by atoms with E-state index in [1.54, 1.807) is 42.6 Å². The van der Waals surface area contributed by atoms with Gasteiger partial charge in [-0.05, 0) is 48.5 Å². The minimum absolute atomic E-state index is 0.0703. The van der Waals surface area contributed by atoms with Crippen molar-refractivity contribution in [3.8, 4) is 11.5 Å². The van der Waals surface area contributed by atoms with E-state index in [1.807, 2.05) is 0 Å². The molecule has 4 aromatic rings. The maximum atomic E-state index is 13.2. The van der Waals surface area contributed by atoms with E-state index in [-0.39, 0.29) is 5.75 Å². The van der Waals surface area contributed by atoms with Crippen molar-refractivity contribution in [2.24, 2.45) is 4.36 Å². The van der Waals surface area contributed by atoms with Gasteiger partial charge in [0.15, 0.2) is 0 Å². The van der Waals surface area contributed by atoms with Gasteiger partial charge in [-0.2, -0.15) is 4.36 Å². The van der Waals surface area contributed by atoms with Crippen LogP contribution in [0.1, 0.15) is 0 Å². The van der Waals surface area contributed by atoms with Crippen LogP contribution in [0.5, 0.6) is 11.5 Å². The number of hydrogen-bond acceptors (Lipinski definition) is 6. The summed E-state index contributed by atoms with van der Waals surface area (Å²) in [4.78, 5) is 4.82. The quantitative estimate of drug-likeness (QED) is 0.423. The molecule has 0 saturated heterocycles. The number of benzene rings is 3. The topological polar surface area (TPSA) is 83.8 Å². The minimum atomic E-state index is -2.77. The fourth-order valence-electron chi connectivity index (χ4n) is 3.17. The third-order valence-corrected chi connectivity index (χ3v) is 6.37. The van der Waals surface area contributed by atoms with Gasteiger partial charge in [0.1, 0.15) is 17.3 Å². The molecular formula is C23H20FN3O3S. The monoisotopic (exact) mass is 437 g/mol. The van der Waals surface area contributed by atoms with Crippen molar-refractivity contribution >= 4 is 37.7 Å². The van der Waals surface area contributed by atoms with Crippen LogP contribution >= 0.6 is 0 Å². The second-order valence-electron chi connectivity index (χ2n) is 6.95. The first kappa shape index (κ1) is 20.6. The highest BCUT2D eigenvalue weighted by Gasteiger charge is 2.09. The molecule has 0 radical (unpaired) electrons. The molecule has 3 aromatic carbocycles. The van der Waals surface area contributed by atoms with Crippen LogP contribution in [-0.2, 0) is 9.73 Å². The third-order valence-electron chi connectivity index (χ3n) is 4.66. The zero-order chi connectivity index (χ0) is 22.0. The first-order valence-corrected chi connectivity index (χ1v) is 11.3. The summed E-state index contributed by atoms with van der Waals surface area (Å²) in [6.45, 7) is 0. The molecular weight excluding hydrogens is 417 g/mol. The molecule has 0 bridgehead atoms. The van der Waals surface area contributed by atoms with E-state index >= 15 is 0 Å². The summed E-state index contributed by atoms with van der Waals surface area (Å²) in [5.74, 6) is 0.192. The first-order valence-electron chi connectivity index (χ1n) is 9.36. The zero-order valence-corrected chi connectivity index (χ0v) is 17.7. The minimum Gasteiger partial charge on any atom is -0.508 e. The normalized spacial score (nSPS) is 12.9. The van der Waals surface area contributed by atoms with Crippen LogP contribution in [-0.4, -0.2) is 27.7 Å². The summed E-state index contributed by atoms with van der Waals surface area (Å²) < 4.78 is 36.0. The maximum absolute atomic E-state index is 13.2. The molecule has 6 nitrogen and oxygen atoms in total. The summed E-state index contributed by atoms with van der Waals surface area (Å²) in [6.07, 6.45) is 3.19. The van der Waals surface area contributed by atoms with Crippen molar-refractivity contribution in [2.45, 2.75) is 4.90 Å². The number of halogens is 1. The molecule has 158 valence electrons. The van der Waals surface area contributed by atoms with Gasteiger partial charge in [-0.3, -0.25) is 4.98 Å². The van der Waals surface area contributed by atoms with E-state index in [2.05, 4.69) is 14.7 Å². The number of aromatic nitrogens is 1. The molecule has 0 aliphatic carbocycles. The van der Waals surface area contributed by atoms with Crippen LogP contribution in [0.4, 0.5) is 21.5 Å². The van der Waals surface area contributed by atoms with Crippen molar-refractivity contribution in [3.05, 3.63) is 78.7 Å². The number of nitrogens with zero attached hydrogens (tertiary/aromatic N) is 2. The van der Waals surface area contributed by atoms with Gasteiger partial charge in [0, 0.05) is 52.3 Å². The molecule has 4 rings (SSSR count). The lowest BCUT2D eigenvalue weighted by molar-refractivity contribution is 0.408. The van der Waals surface area contributed by atoms with E-state index in [0.29, 0.717) is 22.0 Å². The Morgan fingerprint density at radius 2 is 1.84 bits per heavy atom. The number of pyridine rings is 1. The Bertz CT molecular complexity index is 1380. The van der Waals surface area contributed by atoms with Crippen molar-refractivity contribution in [1.82, 2.24) is 4.98 Å². The molecule has 0 spiro atoms. The van der Waals surface area contributed by atoms with Crippen LogP contribution in [0.3, 0.4) is 0 Å². The van der Waals surface area contributed by atoms with Gasteiger partial charge in [0.2, 0.25) is 0 Å². The lowest BCUT2D eigenvalue weighted by Gasteiger charge is -2.12. The smallest absolute Gasteiger partial charge is 0.124 e. The first-order chi connectivity index (χ1) is 14.8. The summed E-state index contributed by atoms with van der Waals surface area (Å²) in [5, 5.41) is 13.9. The number of phenolic OH excluding ortho intramolecular Hbond substituents is 1. The SMILES string of the molecule is COc1cc(O)cc(Nc2ccnc3ccc(N=S(C)(=O)c4ccc(F)cc4)cc23)c1. The number of hydrogen-bond donors (Lipinski definition) is 2. The second kappa shape index (κ2) is 8.23. The van der Waals surface area contributed by atoms with Gasteiger partial charge in [0.05, 0.1) is 28.0 Å². The molecule has 1 heterocycles. The molecule has 0 aliphatic heterocycles. The van der Waals surface area contributed by atoms with Crippen molar-refractivity contribution < 1.29 is 18.4 Å². The van der Waals surface area contributed by atoms with Gasteiger partial charge in [-0.15, -0.1) is 0 Å². The van der Waals surface area contributed by atoms with E-state index in [9.17, 15) is 13.7 Å². The Morgan fingerprint density at radius 3 is 2.58 bits per heavy atom. The number of anilines is 2. The highest BCUT2D eigenvalue weighted by Crippen LogP contribution is 2.32. The number of nitrogens with one attached hydrogen (secondary N) is 1. The van der Waals surface area contributed by atoms with Crippen LogP contribution in [0.25, 0.3) is 10.9 Å². The van der Waals surface area contributed by atoms with Crippen LogP contribution in [0.15, 0.2) is 82.2 Å². The molecule has 0 saturated carbocycles. The molecule has 1 unspecified atom stereocenters. The number of methoxy groups -OCH3 is 1. The fourth-order valence-corrected chi connectivity index (χ4v) is 4.43. The average molecular weight is 437 g/mol. The Balaban J connectivity index is 1.76. The second-order valence-corrected chi connectivity index (χ2v) is 9.21. The summed E-state index contributed by atoms with van der Waals surface area (Å²) >= 11 is 0. The van der Waals surface area contributed by atoms with Crippen molar-refractivity contribution in [1.29, 1.82) is 0 Å². The van der Waals surface area contributed by atoms with Gasteiger partial charge in [0.25, 0.3) is 0 Å². The zero-order valence-electron chi connectivity index (χ0n) is 16.9. The maximum Gasteiger partial charge on any atom is 0.124 e. The Hall–Kier alpha value is -3.65. The lowest BCUT2D eigenvalue weighted by Crippen LogP contribution is -1.97. The Morgan fingerprint density at radius 1 is 1.06 bits per heavy atom. The molecule has 1 atom stereocenters. The van der Waals surface area contributed by atoms with Crippen molar-refractivity contribution in [2.75, 3.05) is 18.7 Å². The van der Waals surface area contributed by atoms with Crippen molar-refractivity contribution in [3.63, 3.8) is 0 Å². The number of aromatic hydroxyl groups is 1. The van der Waals surface area contributed by atoms with Crippen LogP contribution < -0.4 is 10.1 Å². The number of fused-ring (bicyclic) bond motifs is 1. The fraction of sp³-hybridized carbons (Fsp3) is 0.0870. The highest BCUT2D eigenvalue weighted by atomic mass is 32.2. The molecule has 1 aromatic heterocycles. The average Bonchev–Trinajstić information content (AvgIpc) is 2.74. The van der Waals surface area contributed by atoms with E-state index in [4.69, 9.17) is 4.74 Å². The van der Waals surface area contributed by atoms with Gasteiger partial charge in [-0.25, -0.2) is 8.60 Å². The number of phenols is 1. The van der Waals surface area contributed by atoms with E-state index in [0.717, 1.165) is 16.6 Å². The van der Waals surface area contributed by atoms with Crippen LogP contribution in [0.2, 0.25) is 0 Å². The third kappa shape index (κ3) is 4.59. The summed E-state index contributed by atoms with van der Waals surface area (Å²) in [7, 11) is -1.24. The predicted molar refractivity (Wildman–Crippen MR) is 121 cm³/mol. The van der Waals surface area contributed by atoms with E-state index < -0.39 is 15.5 Å². The van der Waals surface area contributed by atoms with E-state index in [1.165, 1.54) is 43.7 Å². The number of ether oxygens (including phenoxy) is 1. The molecule has 8 heteroatoms. The lowest BCUT2D eigenvalue weighted by atomic mass is 10.1. The van der Waals surface area contributed by atoms with Crippen LogP contribution in [0, 0.1) is 5.82 Å². The standard InChI is InChI=1S/C23H20FN3O3S/c1-30-19-12-17(11-18(28)14-19)26-23-9-10-25-22-8-5-16(13-21(22)23)27-31(2,29)20-6-3-15(24)4-7-20/h3-14,28H,1-2H3,(H,25,26). The summed E-state index contributed by atoms with van der Waals surface area (Å²) in [6, 6.07) is 17.5. The summed E-state index contributed by atoms with van der Waals surface area (Å²) in [5.41, 5.74) is 2.60. The molecule has 0 aliphatic rings. The Labute approximate surface area is 179 Å². The Kier molecular flexibility index (Phi) is 5.48. The largest absolute Gasteiger partial charge is 0.508 e. The molecule has 0 amide bonds. The number of rotatable bonds is 5. The molecule has 0 fully saturated rings. The highest BCUT2D eigenvalue weighted by molar-refractivity contribution is 7.93. The van der Waals surface area contributed by atoms with Gasteiger partial charge < -0.3 is 15.2 Å². The van der Waals surface area contributed by atoms with Gasteiger partial charge in [-0.1, -0.05) is 0 Å². The molecule has 31 heavy (non-hydrogen) atoms. The predicted octanol–water partition coefficient (Wildman–Crippen LogP) is 5.62.